The number of hydrogen-bond donors (Lipinski definition) is 1. The van der Waals surface area contributed by atoms with Gasteiger partial charge in [-0.05, 0) is 12.3 Å². The molecule has 19 heavy (non-hydrogen) atoms. The minimum Gasteiger partial charge on any atom is -0.368 e. The van der Waals surface area contributed by atoms with Gasteiger partial charge >= 0.3 is 0 Å². The average molecular weight is 265 g/mol. The Bertz CT molecular complexity index is 375. The lowest BCUT2D eigenvalue weighted by atomic mass is 9.83. The molecule has 5 nitrogen and oxygen atoms in total. The second-order valence-corrected chi connectivity index (χ2v) is 5.78. The van der Waals surface area contributed by atoms with E-state index in [1.54, 1.807) is 6.21 Å². The molecule has 1 aliphatic carbocycles. The predicted octanol–water partition coefficient (Wildman–Crippen LogP) is 1.66. The number of nitrogens with two attached hydrogens (primary N) is 1. The summed E-state index contributed by atoms with van der Waals surface area (Å²) in [6, 6.07) is -0.582. The summed E-state index contributed by atoms with van der Waals surface area (Å²) in [4.78, 5) is 23.6. The molecule has 2 amide bonds. The van der Waals surface area contributed by atoms with Gasteiger partial charge in [-0.15, -0.1) is 0 Å². The third-order valence-electron chi connectivity index (χ3n) is 4.22. The van der Waals surface area contributed by atoms with E-state index in [1.807, 2.05) is 6.92 Å². The monoisotopic (exact) mass is 265 g/mol. The highest BCUT2D eigenvalue weighted by Crippen LogP contribution is 2.30. The maximum absolute atomic E-state index is 12.3. The number of carbonyl (C=O) groups excluding carboxylic acids is 2. The van der Waals surface area contributed by atoms with Gasteiger partial charge in [0.1, 0.15) is 6.04 Å². The summed E-state index contributed by atoms with van der Waals surface area (Å²) in [5.74, 6) is 0.0188. The molecule has 1 fully saturated rings. The van der Waals surface area contributed by atoms with Crippen LogP contribution in [-0.2, 0) is 9.59 Å². The Labute approximate surface area is 114 Å². The van der Waals surface area contributed by atoms with Gasteiger partial charge in [-0.3, -0.25) is 9.59 Å². The zero-order chi connectivity index (χ0) is 13.8. The van der Waals surface area contributed by atoms with E-state index in [0.29, 0.717) is 12.3 Å². The predicted molar refractivity (Wildman–Crippen MR) is 73.3 cm³/mol. The third kappa shape index (κ3) is 3.33. The number of rotatable bonds is 4. The largest absolute Gasteiger partial charge is 0.368 e. The number of nitrogens with zero attached hydrogens (tertiary/aromatic N) is 2. The summed E-state index contributed by atoms with van der Waals surface area (Å²) in [7, 11) is 0. The fourth-order valence-corrected chi connectivity index (χ4v) is 3.11. The smallest absolute Gasteiger partial charge is 0.246 e. The van der Waals surface area contributed by atoms with Gasteiger partial charge in [-0.2, -0.15) is 5.10 Å². The summed E-state index contributed by atoms with van der Waals surface area (Å²) in [6.07, 6.45) is 9.25. The van der Waals surface area contributed by atoms with Crippen molar-refractivity contribution in [1.29, 1.82) is 0 Å². The van der Waals surface area contributed by atoms with Crippen molar-refractivity contribution in [3.05, 3.63) is 0 Å². The molecule has 0 saturated heterocycles. The number of amides is 2. The first kappa shape index (κ1) is 14.0. The van der Waals surface area contributed by atoms with Crippen molar-refractivity contribution >= 4 is 18.0 Å². The van der Waals surface area contributed by atoms with E-state index < -0.39 is 11.9 Å². The van der Waals surface area contributed by atoms with Crippen LogP contribution >= 0.6 is 0 Å². The van der Waals surface area contributed by atoms with E-state index in [-0.39, 0.29) is 11.8 Å². The summed E-state index contributed by atoms with van der Waals surface area (Å²) in [5, 5.41) is 5.30. The van der Waals surface area contributed by atoms with Crippen LogP contribution in [0.3, 0.4) is 0 Å². The van der Waals surface area contributed by atoms with E-state index in [1.165, 1.54) is 37.1 Å². The van der Waals surface area contributed by atoms with Crippen molar-refractivity contribution in [3.63, 3.8) is 0 Å². The molecule has 2 N–H and O–H groups in total. The van der Waals surface area contributed by atoms with Crippen LogP contribution in [0.1, 0.15) is 51.9 Å². The maximum Gasteiger partial charge on any atom is 0.246 e. The number of carbonyl (C=O) groups is 2. The first-order valence-electron chi connectivity index (χ1n) is 7.24. The Kier molecular flexibility index (Phi) is 4.56. The minimum absolute atomic E-state index is 0.0666. The van der Waals surface area contributed by atoms with Crippen LogP contribution in [0.5, 0.6) is 0 Å². The topological polar surface area (TPSA) is 75.8 Å². The maximum atomic E-state index is 12.3. The Hall–Kier alpha value is -1.39. The van der Waals surface area contributed by atoms with Gasteiger partial charge in [0.2, 0.25) is 11.8 Å². The van der Waals surface area contributed by atoms with Gasteiger partial charge in [-0.25, -0.2) is 5.01 Å². The molecular weight excluding hydrogens is 242 g/mol. The normalized spacial score (nSPS) is 25.5. The van der Waals surface area contributed by atoms with Gasteiger partial charge in [-0.1, -0.05) is 39.0 Å². The lowest BCUT2D eigenvalue weighted by molar-refractivity contribution is -0.141. The van der Waals surface area contributed by atoms with Crippen molar-refractivity contribution < 1.29 is 9.59 Å². The molecule has 1 heterocycles. The molecular formula is C14H23N3O2. The van der Waals surface area contributed by atoms with E-state index in [2.05, 4.69) is 5.10 Å². The average Bonchev–Trinajstić information content (AvgIpc) is 2.88. The summed E-state index contributed by atoms with van der Waals surface area (Å²) in [6.45, 7) is 1.93. The molecule has 1 unspecified atom stereocenters. The van der Waals surface area contributed by atoms with Crippen LogP contribution < -0.4 is 5.73 Å². The molecule has 0 aromatic carbocycles. The molecule has 2 rings (SSSR count). The van der Waals surface area contributed by atoms with Gasteiger partial charge in [0.15, 0.2) is 0 Å². The summed E-state index contributed by atoms with van der Waals surface area (Å²) in [5.41, 5.74) is 5.30. The van der Waals surface area contributed by atoms with Crippen LogP contribution in [0.25, 0.3) is 0 Å². The van der Waals surface area contributed by atoms with E-state index >= 15 is 0 Å². The van der Waals surface area contributed by atoms with Crippen molar-refractivity contribution in [3.8, 4) is 0 Å². The Morgan fingerprint density at radius 1 is 1.37 bits per heavy atom. The Morgan fingerprint density at radius 2 is 2.05 bits per heavy atom. The highest BCUT2D eigenvalue weighted by atomic mass is 16.2. The molecule has 0 radical (unpaired) electrons. The number of hydrazone groups is 1. The van der Waals surface area contributed by atoms with Gasteiger partial charge in [0.25, 0.3) is 0 Å². The van der Waals surface area contributed by atoms with Gasteiger partial charge in [0.05, 0.1) is 0 Å². The number of hydrogen-bond acceptors (Lipinski definition) is 3. The van der Waals surface area contributed by atoms with Crippen LogP contribution in [0.15, 0.2) is 5.10 Å². The molecule has 0 aromatic heterocycles. The number of primary amides is 1. The second-order valence-electron chi connectivity index (χ2n) is 5.78. The fourth-order valence-electron chi connectivity index (χ4n) is 3.11. The van der Waals surface area contributed by atoms with Crippen molar-refractivity contribution in [2.75, 3.05) is 0 Å². The molecule has 1 aliphatic heterocycles. The van der Waals surface area contributed by atoms with E-state index in [0.717, 1.165) is 6.42 Å². The first-order chi connectivity index (χ1) is 9.09. The molecule has 0 bridgehead atoms. The third-order valence-corrected chi connectivity index (χ3v) is 4.22. The van der Waals surface area contributed by atoms with Crippen LogP contribution in [0.4, 0.5) is 0 Å². The lowest BCUT2D eigenvalue weighted by Crippen LogP contribution is -2.44. The molecule has 5 heteroatoms. The Balaban J connectivity index is 1.90. The lowest BCUT2D eigenvalue weighted by Gasteiger charge is -2.27. The van der Waals surface area contributed by atoms with Crippen LogP contribution in [0, 0.1) is 11.8 Å². The van der Waals surface area contributed by atoms with Crippen molar-refractivity contribution in [2.45, 2.75) is 57.9 Å². The van der Waals surface area contributed by atoms with E-state index in [9.17, 15) is 9.59 Å². The minimum atomic E-state index is -0.582. The van der Waals surface area contributed by atoms with Crippen molar-refractivity contribution in [1.82, 2.24) is 5.01 Å². The van der Waals surface area contributed by atoms with Crippen molar-refractivity contribution in [2.24, 2.45) is 22.7 Å². The van der Waals surface area contributed by atoms with Crippen LogP contribution in [0.2, 0.25) is 0 Å². The summed E-state index contributed by atoms with van der Waals surface area (Å²) < 4.78 is 0. The highest BCUT2D eigenvalue weighted by molar-refractivity contribution is 5.91. The Morgan fingerprint density at radius 3 is 2.68 bits per heavy atom. The van der Waals surface area contributed by atoms with Crippen LogP contribution in [-0.4, -0.2) is 29.1 Å². The quantitative estimate of drug-likeness (QED) is 0.839. The highest BCUT2D eigenvalue weighted by Gasteiger charge is 2.34. The molecule has 0 spiro atoms. The SMILES string of the molecule is C[C@@H](CC1CCCCC1)C(=O)N1N=CCC1C(N)=O. The first-order valence-corrected chi connectivity index (χ1v) is 7.24. The van der Waals surface area contributed by atoms with Gasteiger partial charge in [0, 0.05) is 18.6 Å². The standard InChI is InChI=1S/C14H23N3O2/c1-10(9-11-5-3-2-4-6-11)14(19)17-12(13(15)18)7-8-16-17/h8,10-12H,2-7,9H2,1H3,(H2,15,18)/t10-,12?/m0/s1. The summed E-state index contributed by atoms with van der Waals surface area (Å²) >= 11 is 0. The van der Waals surface area contributed by atoms with Gasteiger partial charge < -0.3 is 5.73 Å². The zero-order valence-electron chi connectivity index (χ0n) is 11.5. The molecule has 2 aliphatic rings. The molecule has 1 saturated carbocycles. The zero-order valence-corrected chi connectivity index (χ0v) is 11.5. The molecule has 2 atom stereocenters. The molecule has 106 valence electrons. The molecule has 0 aromatic rings. The van der Waals surface area contributed by atoms with E-state index in [4.69, 9.17) is 5.73 Å². The second kappa shape index (κ2) is 6.17. The fraction of sp³-hybridized carbons (Fsp3) is 0.786.